The van der Waals surface area contributed by atoms with Crippen LogP contribution in [0.2, 0.25) is 5.02 Å². The summed E-state index contributed by atoms with van der Waals surface area (Å²) in [5.41, 5.74) is 1.35. The molecule has 2 aromatic carbocycles. The van der Waals surface area contributed by atoms with E-state index in [2.05, 4.69) is 0 Å². The lowest BCUT2D eigenvalue weighted by molar-refractivity contribution is 0.104. The third-order valence-electron chi connectivity index (χ3n) is 2.69. The van der Waals surface area contributed by atoms with Crippen LogP contribution in [0.1, 0.15) is 15.9 Å². The monoisotopic (exact) mass is 272 g/mol. The van der Waals surface area contributed by atoms with Crippen LogP contribution >= 0.6 is 11.6 Å². The molecular weight excluding hydrogens is 260 g/mol. The third kappa shape index (κ3) is 3.24. The van der Waals surface area contributed by atoms with E-state index in [0.29, 0.717) is 10.6 Å². The van der Waals surface area contributed by atoms with E-state index in [1.165, 1.54) is 6.08 Å². The first kappa shape index (κ1) is 13.4. The normalized spacial score (nSPS) is 10.6. The van der Waals surface area contributed by atoms with E-state index in [9.17, 15) is 4.79 Å². The molecule has 2 rings (SSSR count). The minimum Gasteiger partial charge on any atom is -0.496 e. The lowest BCUT2D eigenvalue weighted by atomic mass is 10.1. The van der Waals surface area contributed by atoms with Crippen LogP contribution in [0.3, 0.4) is 0 Å². The van der Waals surface area contributed by atoms with E-state index in [0.717, 1.165) is 11.3 Å². The molecule has 19 heavy (non-hydrogen) atoms. The van der Waals surface area contributed by atoms with Crippen molar-refractivity contribution in [2.45, 2.75) is 0 Å². The Morgan fingerprint density at radius 3 is 2.53 bits per heavy atom. The van der Waals surface area contributed by atoms with Gasteiger partial charge in [-0.3, -0.25) is 4.79 Å². The first-order valence-electron chi connectivity index (χ1n) is 5.82. The molecule has 0 spiro atoms. The number of ketones is 1. The summed E-state index contributed by atoms with van der Waals surface area (Å²) in [5, 5.41) is 0.456. The fourth-order valence-corrected chi connectivity index (χ4v) is 1.95. The Bertz CT molecular complexity index is 618. The fraction of sp³-hybridized carbons (Fsp3) is 0.0625. The molecule has 0 fully saturated rings. The predicted molar refractivity (Wildman–Crippen MR) is 77.8 cm³/mol. The Labute approximate surface area is 117 Å². The highest BCUT2D eigenvalue weighted by Crippen LogP contribution is 2.20. The molecule has 0 heterocycles. The molecule has 0 aliphatic carbocycles. The van der Waals surface area contributed by atoms with Crippen LogP contribution < -0.4 is 4.74 Å². The van der Waals surface area contributed by atoms with E-state index in [-0.39, 0.29) is 5.78 Å². The number of carbonyl (C=O) groups is 1. The van der Waals surface area contributed by atoms with Crippen molar-refractivity contribution in [1.29, 1.82) is 0 Å². The van der Waals surface area contributed by atoms with Gasteiger partial charge in [-0.15, -0.1) is 0 Å². The van der Waals surface area contributed by atoms with E-state index < -0.39 is 0 Å². The van der Waals surface area contributed by atoms with Crippen LogP contribution in [0.5, 0.6) is 5.75 Å². The molecule has 0 aliphatic rings. The summed E-state index contributed by atoms with van der Waals surface area (Å²) in [6, 6.07) is 14.5. The molecule has 96 valence electrons. The molecular formula is C16H13ClO2. The topological polar surface area (TPSA) is 26.3 Å². The van der Waals surface area contributed by atoms with Gasteiger partial charge in [0.05, 0.1) is 12.1 Å². The number of halogens is 1. The number of methoxy groups -OCH3 is 1. The lowest BCUT2D eigenvalue weighted by Gasteiger charge is -2.03. The Morgan fingerprint density at radius 2 is 1.79 bits per heavy atom. The van der Waals surface area contributed by atoms with Gasteiger partial charge in [-0.25, -0.2) is 0 Å². The smallest absolute Gasteiger partial charge is 0.187 e. The number of carbonyl (C=O) groups excluding carboxylic acids is 1. The van der Waals surface area contributed by atoms with Crippen molar-refractivity contribution in [3.05, 3.63) is 70.8 Å². The SMILES string of the molecule is COc1ccccc1/C=C/C(=O)c1ccccc1Cl. The highest BCUT2D eigenvalue weighted by molar-refractivity contribution is 6.34. The molecule has 0 saturated carbocycles. The largest absolute Gasteiger partial charge is 0.496 e. The Balaban J connectivity index is 2.24. The lowest BCUT2D eigenvalue weighted by Crippen LogP contribution is -1.95. The molecule has 3 heteroatoms. The molecule has 0 aliphatic heterocycles. The van der Waals surface area contributed by atoms with Crippen molar-refractivity contribution in [3.8, 4) is 5.75 Å². The Morgan fingerprint density at radius 1 is 1.11 bits per heavy atom. The second-order valence-electron chi connectivity index (χ2n) is 3.92. The minimum atomic E-state index is -0.128. The number of hydrogen-bond acceptors (Lipinski definition) is 2. The number of hydrogen-bond donors (Lipinski definition) is 0. The first-order valence-corrected chi connectivity index (χ1v) is 6.20. The van der Waals surface area contributed by atoms with E-state index in [1.807, 2.05) is 24.3 Å². The highest BCUT2D eigenvalue weighted by Gasteiger charge is 2.06. The second-order valence-corrected chi connectivity index (χ2v) is 4.33. The maximum Gasteiger partial charge on any atom is 0.187 e. The zero-order valence-corrected chi connectivity index (χ0v) is 11.2. The number of rotatable bonds is 4. The summed E-state index contributed by atoms with van der Waals surface area (Å²) in [7, 11) is 1.60. The van der Waals surface area contributed by atoms with E-state index in [1.54, 1.807) is 37.5 Å². The zero-order chi connectivity index (χ0) is 13.7. The van der Waals surface area contributed by atoms with Gasteiger partial charge in [-0.05, 0) is 30.4 Å². The molecule has 0 unspecified atom stereocenters. The van der Waals surface area contributed by atoms with Gasteiger partial charge in [0, 0.05) is 11.1 Å². The van der Waals surface area contributed by atoms with Crippen molar-refractivity contribution in [3.63, 3.8) is 0 Å². The molecule has 0 amide bonds. The van der Waals surface area contributed by atoms with Crippen LogP contribution in [0.15, 0.2) is 54.6 Å². The Kier molecular flexibility index (Phi) is 4.37. The van der Waals surface area contributed by atoms with Crippen molar-refractivity contribution < 1.29 is 9.53 Å². The van der Waals surface area contributed by atoms with Crippen LogP contribution in [-0.2, 0) is 0 Å². The number of para-hydroxylation sites is 1. The fourth-order valence-electron chi connectivity index (χ4n) is 1.72. The first-order chi connectivity index (χ1) is 9.22. The van der Waals surface area contributed by atoms with Gasteiger partial charge in [0.1, 0.15) is 5.75 Å². The standard InChI is InChI=1S/C16H13ClO2/c1-19-16-9-5-2-6-12(16)10-11-15(18)13-7-3-4-8-14(13)17/h2-11H,1H3/b11-10+. The van der Waals surface area contributed by atoms with Crippen molar-refractivity contribution in [1.82, 2.24) is 0 Å². The minimum absolute atomic E-state index is 0.128. The van der Waals surface area contributed by atoms with Gasteiger partial charge < -0.3 is 4.74 Å². The number of allylic oxidation sites excluding steroid dienone is 1. The maximum atomic E-state index is 12.0. The van der Waals surface area contributed by atoms with Crippen molar-refractivity contribution in [2.75, 3.05) is 7.11 Å². The quantitative estimate of drug-likeness (QED) is 0.614. The summed E-state index contributed by atoms with van der Waals surface area (Å²) < 4.78 is 5.22. The van der Waals surface area contributed by atoms with Crippen LogP contribution in [0.4, 0.5) is 0 Å². The predicted octanol–water partition coefficient (Wildman–Crippen LogP) is 4.24. The van der Waals surface area contributed by atoms with Crippen LogP contribution in [-0.4, -0.2) is 12.9 Å². The summed E-state index contributed by atoms with van der Waals surface area (Å²) in [6.45, 7) is 0. The van der Waals surface area contributed by atoms with Gasteiger partial charge in [-0.1, -0.05) is 41.9 Å². The molecule has 0 N–H and O–H groups in total. The van der Waals surface area contributed by atoms with Gasteiger partial charge in [0.15, 0.2) is 5.78 Å². The van der Waals surface area contributed by atoms with Crippen molar-refractivity contribution in [2.24, 2.45) is 0 Å². The average molecular weight is 273 g/mol. The van der Waals surface area contributed by atoms with Gasteiger partial charge in [0.2, 0.25) is 0 Å². The maximum absolute atomic E-state index is 12.0. The summed E-state index contributed by atoms with van der Waals surface area (Å²) >= 11 is 5.98. The summed E-state index contributed by atoms with van der Waals surface area (Å²) in [6.07, 6.45) is 3.23. The molecule has 0 atom stereocenters. The third-order valence-corrected chi connectivity index (χ3v) is 3.02. The average Bonchev–Trinajstić information content (AvgIpc) is 2.45. The van der Waals surface area contributed by atoms with Crippen molar-refractivity contribution >= 4 is 23.5 Å². The van der Waals surface area contributed by atoms with Gasteiger partial charge in [-0.2, -0.15) is 0 Å². The highest BCUT2D eigenvalue weighted by atomic mass is 35.5. The molecule has 0 saturated heterocycles. The molecule has 2 aromatic rings. The molecule has 0 aromatic heterocycles. The van der Waals surface area contributed by atoms with Gasteiger partial charge in [0.25, 0.3) is 0 Å². The molecule has 0 radical (unpaired) electrons. The zero-order valence-electron chi connectivity index (χ0n) is 10.5. The number of benzene rings is 2. The van der Waals surface area contributed by atoms with Gasteiger partial charge >= 0.3 is 0 Å². The van der Waals surface area contributed by atoms with E-state index in [4.69, 9.17) is 16.3 Å². The summed E-state index contributed by atoms with van der Waals surface area (Å²) in [5.74, 6) is 0.599. The van der Waals surface area contributed by atoms with Crippen LogP contribution in [0, 0.1) is 0 Å². The number of ether oxygens (including phenoxy) is 1. The second kappa shape index (κ2) is 6.21. The summed E-state index contributed by atoms with van der Waals surface area (Å²) in [4.78, 5) is 12.0. The van der Waals surface area contributed by atoms with E-state index >= 15 is 0 Å². The Hall–Kier alpha value is -2.06. The molecule has 0 bridgehead atoms. The van der Waals surface area contributed by atoms with Crippen LogP contribution in [0.25, 0.3) is 6.08 Å². The molecule has 2 nitrogen and oxygen atoms in total.